The third-order valence-electron chi connectivity index (χ3n) is 1.81. The quantitative estimate of drug-likeness (QED) is 0.764. The van der Waals surface area contributed by atoms with E-state index in [4.69, 9.17) is 4.74 Å². The Labute approximate surface area is 88.7 Å². The normalized spacial score (nSPS) is 9.86. The second-order valence-electron chi connectivity index (χ2n) is 2.83. The first-order valence-electron chi connectivity index (χ1n) is 4.54. The standard InChI is InChI=1S/C11H14O2S/c1-3-14-11(12)8-9-4-6-10(13-2)7-5-9/h4-7H,3,8H2,1-2H3. The summed E-state index contributed by atoms with van der Waals surface area (Å²) in [6, 6.07) is 7.60. The zero-order valence-electron chi connectivity index (χ0n) is 8.45. The molecule has 1 aromatic carbocycles. The molecule has 0 bridgehead atoms. The van der Waals surface area contributed by atoms with Crippen LogP contribution in [0.5, 0.6) is 5.75 Å². The lowest BCUT2D eigenvalue weighted by atomic mass is 10.2. The molecule has 0 N–H and O–H groups in total. The van der Waals surface area contributed by atoms with Crippen LogP contribution in [-0.2, 0) is 11.2 Å². The first-order valence-corrected chi connectivity index (χ1v) is 5.53. The molecule has 2 nitrogen and oxygen atoms in total. The van der Waals surface area contributed by atoms with E-state index in [-0.39, 0.29) is 5.12 Å². The minimum atomic E-state index is 0.220. The van der Waals surface area contributed by atoms with Gasteiger partial charge in [0.2, 0.25) is 0 Å². The van der Waals surface area contributed by atoms with Gasteiger partial charge in [0, 0.05) is 6.42 Å². The first-order chi connectivity index (χ1) is 6.76. The number of hydrogen-bond donors (Lipinski definition) is 0. The molecule has 0 fully saturated rings. The smallest absolute Gasteiger partial charge is 0.193 e. The molecule has 0 spiro atoms. The van der Waals surface area contributed by atoms with Gasteiger partial charge in [0.1, 0.15) is 5.75 Å². The number of methoxy groups -OCH3 is 1. The number of thioether (sulfide) groups is 1. The molecule has 0 atom stereocenters. The van der Waals surface area contributed by atoms with Crippen molar-refractivity contribution in [3.8, 4) is 5.75 Å². The summed E-state index contributed by atoms with van der Waals surface area (Å²) in [7, 11) is 1.63. The third-order valence-corrected chi connectivity index (χ3v) is 2.57. The fourth-order valence-corrected chi connectivity index (χ4v) is 1.71. The van der Waals surface area contributed by atoms with Crippen molar-refractivity contribution in [2.75, 3.05) is 12.9 Å². The highest BCUT2D eigenvalue weighted by Crippen LogP contribution is 2.14. The van der Waals surface area contributed by atoms with Gasteiger partial charge in [-0.2, -0.15) is 0 Å². The molecule has 1 rings (SSSR count). The van der Waals surface area contributed by atoms with E-state index in [2.05, 4.69) is 0 Å². The highest BCUT2D eigenvalue weighted by molar-refractivity contribution is 8.13. The second-order valence-corrected chi connectivity index (χ2v) is 4.15. The summed E-state index contributed by atoms with van der Waals surface area (Å²) in [4.78, 5) is 11.3. The molecule has 0 heterocycles. The molecule has 1 aromatic rings. The second kappa shape index (κ2) is 5.70. The van der Waals surface area contributed by atoms with E-state index in [1.165, 1.54) is 11.8 Å². The van der Waals surface area contributed by atoms with Crippen LogP contribution in [0.2, 0.25) is 0 Å². The molecule has 3 heteroatoms. The van der Waals surface area contributed by atoms with E-state index in [1.807, 2.05) is 31.2 Å². The Hall–Kier alpha value is -0.960. The molecular formula is C11H14O2S. The van der Waals surface area contributed by atoms with E-state index in [0.29, 0.717) is 6.42 Å². The lowest BCUT2D eigenvalue weighted by molar-refractivity contribution is -0.110. The summed E-state index contributed by atoms with van der Waals surface area (Å²) in [5.74, 6) is 1.67. The Morgan fingerprint density at radius 3 is 2.50 bits per heavy atom. The van der Waals surface area contributed by atoms with Crippen LogP contribution in [0.4, 0.5) is 0 Å². The monoisotopic (exact) mass is 210 g/mol. The van der Waals surface area contributed by atoms with Crippen molar-refractivity contribution in [2.24, 2.45) is 0 Å². The van der Waals surface area contributed by atoms with Crippen LogP contribution in [0.3, 0.4) is 0 Å². The predicted octanol–water partition coefficient (Wildman–Crippen LogP) is 2.52. The highest BCUT2D eigenvalue weighted by atomic mass is 32.2. The van der Waals surface area contributed by atoms with E-state index >= 15 is 0 Å². The Morgan fingerprint density at radius 2 is 2.00 bits per heavy atom. The first kappa shape index (κ1) is 11.1. The van der Waals surface area contributed by atoms with E-state index in [0.717, 1.165) is 17.1 Å². The van der Waals surface area contributed by atoms with Crippen LogP contribution in [0.1, 0.15) is 12.5 Å². The maximum atomic E-state index is 11.3. The molecule has 0 aliphatic rings. The zero-order valence-corrected chi connectivity index (χ0v) is 9.26. The third kappa shape index (κ3) is 3.42. The Kier molecular flexibility index (Phi) is 4.53. The molecule has 0 unspecified atom stereocenters. The zero-order chi connectivity index (χ0) is 10.4. The molecule has 0 aliphatic heterocycles. The van der Waals surface area contributed by atoms with Crippen LogP contribution in [-0.4, -0.2) is 18.0 Å². The van der Waals surface area contributed by atoms with Gasteiger partial charge in [-0.05, 0) is 23.4 Å². The summed E-state index contributed by atoms with van der Waals surface area (Å²) in [5.41, 5.74) is 1.04. The molecule has 0 radical (unpaired) electrons. The van der Waals surface area contributed by atoms with E-state index in [1.54, 1.807) is 7.11 Å². The van der Waals surface area contributed by atoms with Crippen molar-refractivity contribution in [3.63, 3.8) is 0 Å². The SMILES string of the molecule is CCSC(=O)Cc1ccc(OC)cc1. The predicted molar refractivity (Wildman–Crippen MR) is 59.8 cm³/mol. The maximum Gasteiger partial charge on any atom is 0.193 e. The fourth-order valence-electron chi connectivity index (χ4n) is 1.12. The van der Waals surface area contributed by atoms with Crippen LogP contribution in [0, 0.1) is 0 Å². The number of benzene rings is 1. The van der Waals surface area contributed by atoms with Crippen LogP contribution in [0.25, 0.3) is 0 Å². The van der Waals surface area contributed by atoms with Crippen molar-refractivity contribution in [2.45, 2.75) is 13.3 Å². The van der Waals surface area contributed by atoms with Crippen molar-refractivity contribution in [3.05, 3.63) is 29.8 Å². The molecule has 0 aliphatic carbocycles. The Bertz CT molecular complexity index is 293. The van der Waals surface area contributed by atoms with E-state index < -0.39 is 0 Å². The van der Waals surface area contributed by atoms with Gasteiger partial charge in [0.15, 0.2) is 5.12 Å². The number of carbonyl (C=O) groups is 1. The summed E-state index contributed by atoms with van der Waals surface area (Å²) in [5, 5.41) is 0.220. The van der Waals surface area contributed by atoms with Gasteiger partial charge in [0.05, 0.1) is 7.11 Å². The van der Waals surface area contributed by atoms with Gasteiger partial charge in [0.25, 0.3) is 0 Å². The van der Waals surface area contributed by atoms with Crippen LogP contribution < -0.4 is 4.74 Å². The van der Waals surface area contributed by atoms with Crippen LogP contribution in [0.15, 0.2) is 24.3 Å². The maximum absolute atomic E-state index is 11.3. The molecule has 76 valence electrons. The van der Waals surface area contributed by atoms with Gasteiger partial charge in [-0.1, -0.05) is 30.8 Å². The number of carbonyl (C=O) groups excluding carboxylic acids is 1. The molecule has 14 heavy (non-hydrogen) atoms. The van der Waals surface area contributed by atoms with Gasteiger partial charge in [-0.15, -0.1) is 0 Å². The number of ether oxygens (including phenoxy) is 1. The Morgan fingerprint density at radius 1 is 1.36 bits per heavy atom. The molecule has 0 saturated carbocycles. The average Bonchev–Trinajstić information content (AvgIpc) is 2.19. The molecule has 0 saturated heterocycles. The Balaban J connectivity index is 2.55. The topological polar surface area (TPSA) is 26.3 Å². The summed E-state index contributed by atoms with van der Waals surface area (Å²) < 4.78 is 5.03. The summed E-state index contributed by atoms with van der Waals surface area (Å²) in [6.07, 6.45) is 0.502. The summed E-state index contributed by atoms with van der Waals surface area (Å²) in [6.45, 7) is 1.98. The van der Waals surface area contributed by atoms with E-state index in [9.17, 15) is 4.79 Å². The average molecular weight is 210 g/mol. The molecular weight excluding hydrogens is 196 g/mol. The lowest BCUT2D eigenvalue weighted by Crippen LogP contribution is -1.97. The lowest BCUT2D eigenvalue weighted by Gasteiger charge is -2.01. The minimum Gasteiger partial charge on any atom is -0.497 e. The molecule has 0 amide bonds. The van der Waals surface area contributed by atoms with Gasteiger partial charge in [-0.25, -0.2) is 0 Å². The number of rotatable bonds is 4. The van der Waals surface area contributed by atoms with Crippen molar-refractivity contribution < 1.29 is 9.53 Å². The van der Waals surface area contributed by atoms with Crippen LogP contribution >= 0.6 is 11.8 Å². The fraction of sp³-hybridized carbons (Fsp3) is 0.364. The van der Waals surface area contributed by atoms with Crippen molar-refractivity contribution in [1.29, 1.82) is 0 Å². The van der Waals surface area contributed by atoms with Crippen molar-refractivity contribution >= 4 is 16.9 Å². The number of hydrogen-bond acceptors (Lipinski definition) is 3. The summed E-state index contributed by atoms with van der Waals surface area (Å²) >= 11 is 1.37. The van der Waals surface area contributed by atoms with Gasteiger partial charge in [-0.3, -0.25) is 4.79 Å². The van der Waals surface area contributed by atoms with Gasteiger partial charge < -0.3 is 4.74 Å². The highest BCUT2D eigenvalue weighted by Gasteiger charge is 2.02. The van der Waals surface area contributed by atoms with Gasteiger partial charge >= 0.3 is 0 Å². The minimum absolute atomic E-state index is 0.220. The van der Waals surface area contributed by atoms with Crippen molar-refractivity contribution in [1.82, 2.24) is 0 Å². The largest absolute Gasteiger partial charge is 0.497 e. The molecule has 0 aromatic heterocycles.